The number of carbonyl (C=O) groups excluding carboxylic acids is 1. The van der Waals surface area contributed by atoms with Gasteiger partial charge in [0.25, 0.3) is 0 Å². The van der Waals surface area contributed by atoms with Crippen LogP contribution >= 0.6 is 0 Å². The van der Waals surface area contributed by atoms with Gasteiger partial charge in [0.2, 0.25) is 5.91 Å². The van der Waals surface area contributed by atoms with Crippen molar-refractivity contribution in [1.82, 2.24) is 5.32 Å². The first-order chi connectivity index (χ1) is 10.3. The van der Waals surface area contributed by atoms with Crippen LogP contribution in [0.2, 0.25) is 0 Å². The molecule has 0 aliphatic rings. The Hall–Kier alpha value is -2.33. The molecular formula is C17H19NO3. The predicted molar refractivity (Wildman–Crippen MR) is 81.4 cm³/mol. The van der Waals surface area contributed by atoms with E-state index in [2.05, 4.69) is 5.32 Å². The van der Waals surface area contributed by atoms with Crippen molar-refractivity contribution in [2.75, 3.05) is 6.54 Å². The molecule has 2 rings (SSSR count). The largest absolute Gasteiger partial charge is 0.467 e. The maximum absolute atomic E-state index is 11.6. The molecule has 1 amide bonds. The van der Waals surface area contributed by atoms with Crippen LogP contribution in [-0.4, -0.2) is 17.6 Å². The minimum Gasteiger partial charge on any atom is -0.467 e. The molecular weight excluding hydrogens is 266 g/mol. The first-order valence-corrected chi connectivity index (χ1v) is 6.95. The van der Waals surface area contributed by atoms with Gasteiger partial charge in [0.15, 0.2) is 0 Å². The highest BCUT2D eigenvalue weighted by Crippen LogP contribution is 2.11. The number of hydrogen-bond acceptors (Lipinski definition) is 3. The minimum atomic E-state index is -0.802. The maximum atomic E-state index is 11.6. The lowest BCUT2D eigenvalue weighted by Gasteiger charge is -2.08. The molecule has 0 spiro atoms. The summed E-state index contributed by atoms with van der Waals surface area (Å²) in [5, 5.41) is 12.4. The Balaban J connectivity index is 1.65. The highest BCUT2D eigenvalue weighted by molar-refractivity contribution is 5.76. The van der Waals surface area contributed by atoms with Crippen molar-refractivity contribution in [3.63, 3.8) is 0 Å². The predicted octanol–water partition coefficient (Wildman–Crippen LogP) is 2.92. The fourth-order valence-electron chi connectivity index (χ4n) is 1.88. The highest BCUT2D eigenvalue weighted by atomic mass is 16.4. The second-order valence-corrected chi connectivity index (χ2v) is 4.69. The van der Waals surface area contributed by atoms with Crippen molar-refractivity contribution < 1.29 is 14.3 Å². The van der Waals surface area contributed by atoms with Crippen LogP contribution < -0.4 is 5.32 Å². The van der Waals surface area contributed by atoms with Gasteiger partial charge in [0, 0.05) is 6.42 Å². The molecule has 1 aromatic carbocycles. The van der Waals surface area contributed by atoms with Crippen molar-refractivity contribution in [2.24, 2.45) is 0 Å². The average Bonchev–Trinajstić information content (AvgIpc) is 3.05. The molecule has 0 saturated heterocycles. The summed E-state index contributed by atoms with van der Waals surface area (Å²) >= 11 is 0. The average molecular weight is 285 g/mol. The lowest BCUT2D eigenvalue weighted by atomic mass is 10.2. The van der Waals surface area contributed by atoms with Crippen molar-refractivity contribution in [2.45, 2.75) is 18.9 Å². The summed E-state index contributed by atoms with van der Waals surface area (Å²) < 4.78 is 5.06. The summed E-state index contributed by atoms with van der Waals surface area (Å²) in [5.74, 6) is 0.373. The molecule has 0 radical (unpaired) electrons. The topological polar surface area (TPSA) is 62.5 Å². The number of rotatable bonds is 7. The number of furan rings is 1. The number of nitrogens with one attached hydrogen (secondary N) is 1. The quantitative estimate of drug-likeness (QED) is 0.822. The van der Waals surface area contributed by atoms with Gasteiger partial charge in [-0.25, -0.2) is 0 Å². The first-order valence-electron chi connectivity index (χ1n) is 6.95. The summed E-state index contributed by atoms with van der Waals surface area (Å²) in [6.07, 6.45) is 5.72. The zero-order valence-electron chi connectivity index (χ0n) is 11.7. The van der Waals surface area contributed by atoms with Crippen LogP contribution in [0.1, 0.15) is 30.3 Å². The zero-order chi connectivity index (χ0) is 14.9. The number of aliphatic hydroxyl groups is 1. The van der Waals surface area contributed by atoms with Gasteiger partial charge in [-0.1, -0.05) is 42.5 Å². The SMILES string of the molecule is O=C(CCC=Cc1ccccc1)NCC(O)c1ccco1. The number of hydrogen-bond donors (Lipinski definition) is 2. The monoisotopic (exact) mass is 285 g/mol. The van der Waals surface area contributed by atoms with E-state index in [1.165, 1.54) is 6.26 Å². The van der Waals surface area contributed by atoms with E-state index in [4.69, 9.17) is 4.42 Å². The summed E-state index contributed by atoms with van der Waals surface area (Å²) in [4.78, 5) is 11.6. The summed E-state index contributed by atoms with van der Waals surface area (Å²) in [6.45, 7) is 0.161. The third-order valence-electron chi connectivity index (χ3n) is 3.01. The fourth-order valence-corrected chi connectivity index (χ4v) is 1.88. The van der Waals surface area contributed by atoms with Gasteiger partial charge in [-0.15, -0.1) is 0 Å². The van der Waals surface area contributed by atoms with Gasteiger partial charge >= 0.3 is 0 Å². The van der Waals surface area contributed by atoms with E-state index >= 15 is 0 Å². The molecule has 0 aliphatic carbocycles. The van der Waals surface area contributed by atoms with E-state index < -0.39 is 6.10 Å². The Morgan fingerprint density at radius 2 is 2.05 bits per heavy atom. The zero-order valence-corrected chi connectivity index (χ0v) is 11.7. The van der Waals surface area contributed by atoms with E-state index in [0.29, 0.717) is 18.6 Å². The lowest BCUT2D eigenvalue weighted by Crippen LogP contribution is -2.27. The molecule has 1 unspecified atom stereocenters. The third kappa shape index (κ3) is 5.28. The molecule has 0 aliphatic heterocycles. The van der Waals surface area contributed by atoms with Crippen LogP contribution in [-0.2, 0) is 4.79 Å². The van der Waals surface area contributed by atoms with Gasteiger partial charge < -0.3 is 14.8 Å². The number of carbonyl (C=O) groups is 1. The van der Waals surface area contributed by atoms with Crippen LogP contribution in [0, 0.1) is 0 Å². The Morgan fingerprint density at radius 1 is 1.24 bits per heavy atom. The minimum absolute atomic E-state index is 0.0849. The lowest BCUT2D eigenvalue weighted by molar-refractivity contribution is -0.121. The van der Waals surface area contributed by atoms with Crippen molar-refractivity contribution in [1.29, 1.82) is 0 Å². The molecule has 0 fully saturated rings. The van der Waals surface area contributed by atoms with E-state index in [1.54, 1.807) is 12.1 Å². The number of benzene rings is 1. The van der Waals surface area contributed by atoms with E-state index in [-0.39, 0.29) is 12.5 Å². The molecule has 1 aromatic heterocycles. The summed E-state index contributed by atoms with van der Waals surface area (Å²) in [7, 11) is 0. The van der Waals surface area contributed by atoms with Gasteiger partial charge in [-0.05, 0) is 24.1 Å². The van der Waals surface area contributed by atoms with Gasteiger partial charge in [0.1, 0.15) is 11.9 Å². The highest BCUT2D eigenvalue weighted by Gasteiger charge is 2.11. The van der Waals surface area contributed by atoms with E-state index in [9.17, 15) is 9.90 Å². The number of allylic oxidation sites excluding steroid dienone is 1. The molecule has 0 bridgehead atoms. The molecule has 0 saturated carbocycles. The van der Waals surface area contributed by atoms with Crippen molar-refractivity contribution in [3.05, 3.63) is 66.1 Å². The molecule has 1 atom stereocenters. The van der Waals surface area contributed by atoms with Crippen LogP contribution in [0.3, 0.4) is 0 Å². The molecule has 4 nitrogen and oxygen atoms in total. The first kappa shape index (κ1) is 15.1. The Kier molecular flexibility index (Phi) is 5.79. The molecule has 4 heteroatoms. The van der Waals surface area contributed by atoms with Crippen LogP contribution in [0.15, 0.2) is 59.2 Å². The van der Waals surface area contributed by atoms with Crippen molar-refractivity contribution >= 4 is 12.0 Å². The van der Waals surface area contributed by atoms with Gasteiger partial charge in [-0.2, -0.15) is 0 Å². The molecule has 2 N–H and O–H groups in total. The third-order valence-corrected chi connectivity index (χ3v) is 3.01. The Morgan fingerprint density at radius 3 is 2.76 bits per heavy atom. The van der Waals surface area contributed by atoms with Crippen molar-refractivity contribution in [3.8, 4) is 0 Å². The molecule has 2 aromatic rings. The van der Waals surface area contributed by atoms with Gasteiger partial charge in [0.05, 0.1) is 12.8 Å². The van der Waals surface area contributed by atoms with Gasteiger partial charge in [-0.3, -0.25) is 4.79 Å². The van der Waals surface area contributed by atoms with Crippen LogP contribution in [0.5, 0.6) is 0 Å². The fraction of sp³-hybridized carbons (Fsp3) is 0.235. The Labute approximate surface area is 124 Å². The van der Waals surface area contributed by atoms with Crippen LogP contribution in [0.4, 0.5) is 0 Å². The molecule has 110 valence electrons. The molecule has 21 heavy (non-hydrogen) atoms. The van der Waals surface area contributed by atoms with Crippen LogP contribution in [0.25, 0.3) is 6.08 Å². The van der Waals surface area contributed by atoms with E-state index in [1.807, 2.05) is 42.5 Å². The standard InChI is InChI=1S/C17H19NO3/c19-15(16-10-6-12-21-16)13-18-17(20)11-5-4-9-14-7-2-1-3-8-14/h1-4,6-10,12,15,19H,5,11,13H2,(H,18,20). The summed E-state index contributed by atoms with van der Waals surface area (Å²) in [5.41, 5.74) is 1.12. The Bertz CT molecular complexity index is 561. The normalized spacial score (nSPS) is 12.4. The second kappa shape index (κ2) is 8.07. The summed E-state index contributed by atoms with van der Waals surface area (Å²) in [6, 6.07) is 13.3. The number of amides is 1. The maximum Gasteiger partial charge on any atom is 0.220 e. The van der Waals surface area contributed by atoms with E-state index in [0.717, 1.165) is 5.56 Å². The smallest absolute Gasteiger partial charge is 0.220 e. The number of aliphatic hydroxyl groups excluding tert-OH is 1. The molecule has 1 heterocycles. The second-order valence-electron chi connectivity index (χ2n) is 4.69.